The van der Waals surface area contributed by atoms with Crippen LogP contribution >= 0.6 is 0 Å². The molecule has 0 radical (unpaired) electrons. The van der Waals surface area contributed by atoms with Gasteiger partial charge in [0.1, 0.15) is 0 Å². The molecule has 1 heteroatoms. The summed E-state index contributed by atoms with van der Waals surface area (Å²) in [6.07, 6.45) is 0. The first-order chi connectivity index (χ1) is 9.66. The van der Waals surface area contributed by atoms with Gasteiger partial charge in [-0.1, -0.05) is 104 Å². The highest BCUT2D eigenvalue weighted by Crippen LogP contribution is 1.82. The van der Waals surface area contributed by atoms with E-state index in [0.29, 0.717) is 0 Å². The van der Waals surface area contributed by atoms with Crippen LogP contribution in [-0.4, -0.2) is 12.2 Å². The zero-order valence-electron chi connectivity index (χ0n) is 19.3. The predicted molar refractivity (Wildman–Crippen MR) is 111 cm³/mol. The van der Waals surface area contributed by atoms with Crippen molar-refractivity contribution in [3.8, 4) is 0 Å². The maximum Gasteiger partial charge on any atom is 0.0319 e. The number of hydrogen-bond donors (Lipinski definition) is 1. The molecule has 0 heterocycles. The summed E-state index contributed by atoms with van der Waals surface area (Å²) in [7, 11) is 1.00. The molecule has 0 aliphatic carbocycles. The van der Waals surface area contributed by atoms with Gasteiger partial charge >= 0.3 is 0 Å². The van der Waals surface area contributed by atoms with Crippen molar-refractivity contribution >= 4 is 0 Å². The zero-order chi connectivity index (χ0) is 19.9. The molecule has 22 heavy (non-hydrogen) atoms. The summed E-state index contributed by atoms with van der Waals surface area (Å²) in [5, 5.41) is 7.00. The van der Waals surface area contributed by atoms with Gasteiger partial charge in [0.05, 0.1) is 0 Å². The molecule has 0 aliphatic heterocycles. The molecule has 0 saturated heterocycles. The van der Waals surface area contributed by atoms with Crippen LogP contribution in [0.1, 0.15) is 104 Å². The molecule has 0 unspecified atom stereocenters. The molecule has 0 fully saturated rings. The summed E-state index contributed by atoms with van der Waals surface area (Å²) in [4.78, 5) is 0. The fourth-order valence-corrected chi connectivity index (χ4v) is 0. The Kier molecular flexibility index (Phi) is 64.2. The third-order valence-corrected chi connectivity index (χ3v) is 0. The molecule has 0 aromatic heterocycles. The quantitative estimate of drug-likeness (QED) is 0.480. The first-order valence-electron chi connectivity index (χ1n) is 9.11. The van der Waals surface area contributed by atoms with Crippen LogP contribution in [0.25, 0.3) is 0 Å². The van der Waals surface area contributed by atoms with Gasteiger partial charge in [-0.3, -0.25) is 0 Å². The highest BCUT2D eigenvalue weighted by Gasteiger charge is 1.69. The molecule has 0 aromatic carbocycles. The minimum atomic E-state index is 0.833. The second-order valence-corrected chi connectivity index (χ2v) is 8.66. The molecule has 0 bridgehead atoms. The van der Waals surface area contributed by atoms with Crippen molar-refractivity contribution in [3.63, 3.8) is 0 Å². The number of hydrogen-bond acceptors (Lipinski definition) is 1. The topological polar surface area (TPSA) is 20.2 Å². The average molecular weight is 323 g/mol. The lowest BCUT2D eigenvalue weighted by molar-refractivity contribution is 0.399. The van der Waals surface area contributed by atoms with Gasteiger partial charge < -0.3 is 5.11 Å². The minimum absolute atomic E-state index is 0.833. The number of aliphatic hydroxyl groups is 1. The van der Waals surface area contributed by atoms with Crippen LogP contribution in [0.2, 0.25) is 0 Å². The maximum atomic E-state index is 7.00. The number of aliphatic hydroxyl groups excluding tert-OH is 1. The van der Waals surface area contributed by atoms with Crippen molar-refractivity contribution in [2.75, 3.05) is 7.11 Å². The monoisotopic (exact) mass is 322 g/mol. The normalized spacial score (nSPS) is 8.45. The van der Waals surface area contributed by atoms with Gasteiger partial charge in [0.2, 0.25) is 0 Å². The van der Waals surface area contributed by atoms with E-state index in [1.54, 1.807) is 0 Å². The van der Waals surface area contributed by atoms with Crippen molar-refractivity contribution in [2.24, 2.45) is 29.6 Å². The summed E-state index contributed by atoms with van der Waals surface area (Å²) in [5.41, 5.74) is 0. The first-order valence-corrected chi connectivity index (χ1v) is 9.11. The second-order valence-electron chi connectivity index (χ2n) is 8.66. The van der Waals surface area contributed by atoms with Crippen LogP contribution in [0, 0.1) is 29.6 Å². The smallest absolute Gasteiger partial charge is 0.0319 e. The molecular formula is C21H54O. The highest BCUT2D eigenvalue weighted by molar-refractivity contribution is 4.22. The molecule has 0 rings (SSSR count). The van der Waals surface area contributed by atoms with Crippen LogP contribution in [0.15, 0.2) is 0 Å². The van der Waals surface area contributed by atoms with Gasteiger partial charge in [-0.25, -0.2) is 0 Å². The molecule has 0 aliphatic rings. The Labute approximate surface area is 146 Å². The Bertz CT molecular complexity index is 64.5. The van der Waals surface area contributed by atoms with Crippen molar-refractivity contribution < 1.29 is 5.11 Å². The van der Waals surface area contributed by atoms with E-state index in [1.807, 2.05) is 0 Å². The lowest BCUT2D eigenvalue weighted by atomic mass is 10.3. The first kappa shape index (κ1) is 37.9. The van der Waals surface area contributed by atoms with Gasteiger partial charge in [0.15, 0.2) is 0 Å². The fourth-order valence-electron chi connectivity index (χ4n) is 0. The SMILES string of the molecule is CC(C)C.CC(C)C.CC(C)C.CC(C)C.CC(C)C.CO. The number of rotatable bonds is 0. The summed E-state index contributed by atoms with van der Waals surface area (Å²) in [5.74, 6) is 4.17. The largest absolute Gasteiger partial charge is 0.400 e. The Morgan fingerprint density at radius 3 is 0.273 bits per heavy atom. The lowest BCUT2D eigenvalue weighted by Gasteiger charge is -1.79. The maximum absolute atomic E-state index is 7.00. The van der Waals surface area contributed by atoms with E-state index in [1.165, 1.54) is 0 Å². The van der Waals surface area contributed by atoms with Crippen LogP contribution in [0.3, 0.4) is 0 Å². The zero-order valence-corrected chi connectivity index (χ0v) is 19.3. The van der Waals surface area contributed by atoms with E-state index in [4.69, 9.17) is 5.11 Å². The van der Waals surface area contributed by atoms with Crippen LogP contribution < -0.4 is 0 Å². The van der Waals surface area contributed by atoms with E-state index in [9.17, 15) is 0 Å². The summed E-state index contributed by atoms with van der Waals surface area (Å²) >= 11 is 0. The average Bonchev–Trinajstić information content (AvgIpc) is 2.14. The molecular weight excluding hydrogens is 268 g/mol. The van der Waals surface area contributed by atoms with Gasteiger partial charge in [-0.2, -0.15) is 0 Å². The van der Waals surface area contributed by atoms with Crippen molar-refractivity contribution in [1.82, 2.24) is 0 Å². The molecule has 0 atom stereocenters. The molecule has 0 aromatic rings. The summed E-state index contributed by atoms with van der Waals surface area (Å²) < 4.78 is 0. The fraction of sp³-hybridized carbons (Fsp3) is 1.00. The molecule has 0 spiro atoms. The van der Waals surface area contributed by atoms with Gasteiger partial charge in [-0.15, -0.1) is 0 Å². The molecule has 0 saturated carbocycles. The second kappa shape index (κ2) is 37.3. The summed E-state index contributed by atoms with van der Waals surface area (Å²) in [6.45, 7) is 32.5. The lowest BCUT2D eigenvalue weighted by Crippen LogP contribution is -1.66. The highest BCUT2D eigenvalue weighted by atomic mass is 16.2. The van der Waals surface area contributed by atoms with Crippen LogP contribution in [-0.2, 0) is 0 Å². The van der Waals surface area contributed by atoms with Crippen molar-refractivity contribution in [2.45, 2.75) is 104 Å². The van der Waals surface area contributed by atoms with E-state index in [-0.39, 0.29) is 0 Å². The molecule has 144 valence electrons. The van der Waals surface area contributed by atoms with E-state index in [2.05, 4.69) is 104 Å². The molecule has 1 nitrogen and oxygen atoms in total. The van der Waals surface area contributed by atoms with Gasteiger partial charge in [-0.05, 0) is 29.6 Å². The van der Waals surface area contributed by atoms with Gasteiger partial charge in [0.25, 0.3) is 0 Å². The van der Waals surface area contributed by atoms with Crippen LogP contribution in [0.4, 0.5) is 0 Å². The minimum Gasteiger partial charge on any atom is -0.400 e. The molecule has 0 amide bonds. The van der Waals surface area contributed by atoms with Crippen LogP contribution in [0.5, 0.6) is 0 Å². The van der Waals surface area contributed by atoms with E-state index >= 15 is 0 Å². The Hall–Kier alpha value is -0.0400. The Morgan fingerprint density at radius 2 is 0.273 bits per heavy atom. The van der Waals surface area contributed by atoms with E-state index < -0.39 is 0 Å². The predicted octanol–water partition coefficient (Wildman–Crippen LogP) is 7.92. The third-order valence-electron chi connectivity index (χ3n) is 0. The standard InChI is InChI=1S/5C4H10.CH4O/c5*1-4(2)3;1-2/h5*4H,1-3H3;2H,1H3. The third kappa shape index (κ3) is 4480000. The van der Waals surface area contributed by atoms with Crippen molar-refractivity contribution in [3.05, 3.63) is 0 Å². The molecule has 1 N–H and O–H groups in total. The van der Waals surface area contributed by atoms with E-state index in [0.717, 1.165) is 36.7 Å². The summed E-state index contributed by atoms with van der Waals surface area (Å²) in [6, 6.07) is 0. The Morgan fingerprint density at radius 1 is 0.273 bits per heavy atom. The van der Waals surface area contributed by atoms with Crippen molar-refractivity contribution in [1.29, 1.82) is 0 Å². The Balaban J connectivity index is -0.0000000353. The van der Waals surface area contributed by atoms with Gasteiger partial charge in [0, 0.05) is 7.11 Å².